The predicted octanol–water partition coefficient (Wildman–Crippen LogP) is 2.31. The largest absolute Gasteiger partial charge is 0.467 e. The Balaban J connectivity index is 1.85. The Labute approximate surface area is 160 Å². The Kier molecular flexibility index (Phi) is 7.92. The van der Waals surface area contributed by atoms with Gasteiger partial charge in [-0.3, -0.25) is 4.68 Å². The number of thioether (sulfide) groups is 1. The minimum Gasteiger partial charge on any atom is -0.467 e. The third-order valence-electron chi connectivity index (χ3n) is 3.71. The van der Waals surface area contributed by atoms with E-state index >= 15 is 0 Å². The molecule has 0 aliphatic heterocycles. The zero-order valence-electron chi connectivity index (χ0n) is 15.0. The summed E-state index contributed by atoms with van der Waals surface area (Å²) in [6, 6.07) is -1.13. The molecule has 0 radical (unpaired) electrons. The fourth-order valence-electron chi connectivity index (χ4n) is 2.28. The SMILES string of the molecule is COC(=O)[C@H](CCSC)NC(=O)Nc1cnn(CCc2scnc2C)c1. The van der Waals surface area contributed by atoms with E-state index in [0.29, 0.717) is 18.7 Å². The van der Waals surface area contributed by atoms with Crippen LogP contribution in [0.25, 0.3) is 0 Å². The van der Waals surface area contributed by atoms with Crippen LogP contribution in [0.2, 0.25) is 0 Å². The zero-order valence-corrected chi connectivity index (χ0v) is 16.7. The molecule has 10 heteroatoms. The molecule has 2 aromatic rings. The molecule has 2 aromatic heterocycles. The van der Waals surface area contributed by atoms with E-state index in [1.54, 1.807) is 40.2 Å². The first kappa shape index (κ1) is 20.2. The van der Waals surface area contributed by atoms with Gasteiger partial charge in [0.05, 0.1) is 30.2 Å². The number of methoxy groups -OCH3 is 1. The van der Waals surface area contributed by atoms with Crippen LogP contribution >= 0.6 is 23.1 Å². The van der Waals surface area contributed by atoms with E-state index in [2.05, 4.69) is 20.7 Å². The highest BCUT2D eigenvalue weighted by Gasteiger charge is 2.21. The Bertz CT molecular complexity index is 731. The molecule has 2 rings (SSSR count). The summed E-state index contributed by atoms with van der Waals surface area (Å²) in [5.41, 5.74) is 3.44. The molecule has 2 N–H and O–H groups in total. The van der Waals surface area contributed by atoms with Crippen molar-refractivity contribution in [1.29, 1.82) is 0 Å². The van der Waals surface area contributed by atoms with Crippen LogP contribution < -0.4 is 10.6 Å². The topological polar surface area (TPSA) is 98.1 Å². The first-order chi connectivity index (χ1) is 12.5. The number of anilines is 1. The number of urea groups is 1. The van der Waals surface area contributed by atoms with Crippen LogP contribution in [0.3, 0.4) is 0 Å². The lowest BCUT2D eigenvalue weighted by Crippen LogP contribution is -2.43. The number of aryl methyl sites for hydroxylation is 3. The van der Waals surface area contributed by atoms with Crippen molar-refractivity contribution in [2.75, 3.05) is 24.4 Å². The molecule has 0 spiro atoms. The van der Waals surface area contributed by atoms with E-state index in [9.17, 15) is 9.59 Å². The minimum atomic E-state index is -0.670. The molecular formula is C16H23N5O3S2. The highest BCUT2D eigenvalue weighted by molar-refractivity contribution is 7.98. The van der Waals surface area contributed by atoms with Crippen molar-refractivity contribution in [2.45, 2.75) is 32.4 Å². The maximum Gasteiger partial charge on any atom is 0.328 e. The van der Waals surface area contributed by atoms with E-state index in [0.717, 1.165) is 17.9 Å². The quantitative estimate of drug-likeness (QED) is 0.630. The molecule has 142 valence electrons. The van der Waals surface area contributed by atoms with Crippen molar-refractivity contribution in [3.63, 3.8) is 0 Å². The molecule has 8 nitrogen and oxygen atoms in total. The fraction of sp³-hybridized carbons (Fsp3) is 0.500. The molecule has 0 aliphatic rings. The van der Waals surface area contributed by atoms with Crippen LogP contribution in [0.5, 0.6) is 0 Å². The van der Waals surface area contributed by atoms with Gasteiger partial charge in [0.25, 0.3) is 0 Å². The molecule has 2 amide bonds. The van der Waals surface area contributed by atoms with Gasteiger partial charge in [-0.1, -0.05) is 0 Å². The number of nitrogens with zero attached hydrogens (tertiary/aromatic N) is 3. The van der Waals surface area contributed by atoms with Gasteiger partial charge in [0.2, 0.25) is 0 Å². The Morgan fingerprint density at radius 2 is 2.27 bits per heavy atom. The monoisotopic (exact) mass is 397 g/mol. The average Bonchev–Trinajstić information content (AvgIpc) is 3.24. The first-order valence-electron chi connectivity index (χ1n) is 8.09. The van der Waals surface area contributed by atoms with Gasteiger partial charge in [0.15, 0.2) is 0 Å². The van der Waals surface area contributed by atoms with Gasteiger partial charge >= 0.3 is 12.0 Å². The highest BCUT2D eigenvalue weighted by atomic mass is 32.2. The molecular weight excluding hydrogens is 374 g/mol. The number of rotatable bonds is 9. The van der Waals surface area contributed by atoms with Gasteiger partial charge in [0, 0.05) is 24.0 Å². The lowest BCUT2D eigenvalue weighted by molar-refractivity contribution is -0.142. The molecule has 1 atom stereocenters. The Morgan fingerprint density at radius 1 is 1.46 bits per heavy atom. The number of hydrogen-bond acceptors (Lipinski definition) is 7. The zero-order chi connectivity index (χ0) is 18.9. The average molecular weight is 398 g/mol. The predicted molar refractivity (Wildman–Crippen MR) is 104 cm³/mol. The second-order valence-corrected chi connectivity index (χ2v) is 7.48. The summed E-state index contributed by atoms with van der Waals surface area (Å²) in [4.78, 5) is 29.3. The summed E-state index contributed by atoms with van der Waals surface area (Å²) >= 11 is 3.23. The number of hydrogen-bond donors (Lipinski definition) is 2. The fourth-order valence-corrected chi connectivity index (χ4v) is 3.53. The maximum atomic E-state index is 12.1. The maximum absolute atomic E-state index is 12.1. The number of nitrogens with one attached hydrogen (secondary N) is 2. The number of carbonyl (C=O) groups is 2. The number of amides is 2. The van der Waals surface area contributed by atoms with Gasteiger partial charge in [-0.25, -0.2) is 14.6 Å². The highest BCUT2D eigenvalue weighted by Crippen LogP contribution is 2.14. The molecule has 0 aromatic carbocycles. The lowest BCUT2D eigenvalue weighted by Gasteiger charge is -2.16. The molecule has 0 fully saturated rings. The van der Waals surface area contributed by atoms with E-state index in [4.69, 9.17) is 4.74 Å². The van der Waals surface area contributed by atoms with E-state index in [-0.39, 0.29) is 0 Å². The van der Waals surface area contributed by atoms with E-state index < -0.39 is 18.0 Å². The van der Waals surface area contributed by atoms with Gasteiger partial charge in [-0.2, -0.15) is 16.9 Å². The lowest BCUT2D eigenvalue weighted by atomic mass is 10.2. The third kappa shape index (κ3) is 6.03. The van der Waals surface area contributed by atoms with Crippen molar-refractivity contribution in [3.05, 3.63) is 28.5 Å². The summed E-state index contributed by atoms with van der Waals surface area (Å²) < 4.78 is 6.49. The van der Waals surface area contributed by atoms with Crippen LogP contribution in [0.15, 0.2) is 17.9 Å². The van der Waals surface area contributed by atoms with Crippen molar-refractivity contribution < 1.29 is 14.3 Å². The molecule has 0 aliphatic carbocycles. The first-order valence-corrected chi connectivity index (χ1v) is 10.4. The molecule has 0 bridgehead atoms. The van der Waals surface area contributed by atoms with Crippen LogP contribution in [-0.2, 0) is 22.5 Å². The Hall–Kier alpha value is -2.07. The molecule has 26 heavy (non-hydrogen) atoms. The normalized spacial score (nSPS) is 11.8. The molecule has 0 unspecified atom stereocenters. The van der Waals surface area contributed by atoms with Crippen LogP contribution in [-0.4, -0.2) is 51.9 Å². The molecule has 2 heterocycles. The summed E-state index contributed by atoms with van der Waals surface area (Å²) in [6.45, 7) is 2.69. The summed E-state index contributed by atoms with van der Waals surface area (Å²) in [5, 5.41) is 9.58. The standard InChI is InChI=1S/C16H23N5O3S2/c1-11-14(26-10-17-11)4-6-21-9-12(8-18-21)19-16(23)20-13(5-7-25-3)15(22)24-2/h8-10,13H,4-7H2,1-3H3,(H2,19,20,23)/t13-/m0/s1. The van der Waals surface area contributed by atoms with Gasteiger partial charge < -0.3 is 15.4 Å². The Morgan fingerprint density at radius 3 is 2.92 bits per heavy atom. The minimum absolute atomic E-state index is 0.454. The van der Waals surface area contributed by atoms with Crippen LogP contribution in [0.4, 0.5) is 10.5 Å². The molecule has 0 saturated carbocycles. The van der Waals surface area contributed by atoms with Crippen LogP contribution in [0, 0.1) is 6.92 Å². The third-order valence-corrected chi connectivity index (χ3v) is 5.34. The summed E-state index contributed by atoms with van der Waals surface area (Å²) in [5.74, 6) is 0.291. The van der Waals surface area contributed by atoms with Crippen molar-refractivity contribution in [3.8, 4) is 0 Å². The van der Waals surface area contributed by atoms with Gasteiger partial charge in [0.1, 0.15) is 6.04 Å². The van der Waals surface area contributed by atoms with Crippen molar-refractivity contribution in [1.82, 2.24) is 20.1 Å². The number of carbonyl (C=O) groups excluding carboxylic acids is 2. The van der Waals surface area contributed by atoms with Crippen molar-refractivity contribution in [2.24, 2.45) is 0 Å². The van der Waals surface area contributed by atoms with Crippen LogP contribution in [0.1, 0.15) is 17.0 Å². The molecule has 0 saturated heterocycles. The van der Waals surface area contributed by atoms with Crippen molar-refractivity contribution >= 4 is 40.8 Å². The van der Waals surface area contributed by atoms with E-state index in [1.165, 1.54) is 12.0 Å². The number of esters is 1. The second-order valence-electron chi connectivity index (χ2n) is 5.56. The smallest absolute Gasteiger partial charge is 0.328 e. The second kappa shape index (κ2) is 10.2. The number of thiazole rings is 1. The number of ether oxygens (including phenoxy) is 1. The van der Waals surface area contributed by atoms with E-state index in [1.807, 2.05) is 18.7 Å². The summed E-state index contributed by atoms with van der Waals surface area (Å²) in [7, 11) is 1.31. The summed E-state index contributed by atoms with van der Waals surface area (Å²) in [6.07, 6.45) is 6.62. The van der Waals surface area contributed by atoms with Gasteiger partial charge in [-0.05, 0) is 25.4 Å². The number of aromatic nitrogens is 3. The van der Waals surface area contributed by atoms with Gasteiger partial charge in [-0.15, -0.1) is 11.3 Å².